The monoisotopic (exact) mass is 279 g/mol. The summed E-state index contributed by atoms with van der Waals surface area (Å²) in [5.74, 6) is 0.0745. The van der Waals surface area contributed by atoms with Gasteiger partial charge in [-0.25, -0.2) is 0 Å². The Morgan fingerprint density at radius 2 is 1.67 bits per heavy atom. The highest BCUT2D eigenvalue weighted by Crippen LogP contribution is 2.30. The van der Waals surface area contributed by atoms with E-state index in [-0.39, 0.29) is 11.7 Å². The van der Waals surface area contributed by atoms with Crippen LogP contribution in [0.4, 0.5) is 5.69 Å². The van der Waals surface area contributed by atoms with Crippen LogP contribution in [0, 0.1) is 6.92 Å². The Labute approximate surface area is 124 Å². The molecule has 0 aromatic heterocycles. The number of carbonyl (C=O) groups is 2. The van der Waals surface area contributed by atoms with Gasteiger partial charge in [0.1, 0.15) is 0 Å². The number of anilines is 1. The van der Waals surface area contributed by atoms with Gasteiger partial charge in [-0.05, 0) is 56.2 Å². The second kappa shape index (κ2) is 5.17. The average molecular weight is 279 g/mol. The fraction of sp³-hybridized carbons (Fsp3) is 0.222. The largest absolute Gasteiger partial charge is 0.308 e. The van der Waals surface area contributed by atoms with Gasteiger partial charge in [-0.1, -0.05) is 17.7 Å². The molecule has 0 N–H and O–H groups in total. The zero-order valence-corrected chi connectivity index (χ0v) is 12.2. The Morgan fingerprint density at radius 3 is 2.33 bits per heavy atom. The van der Waals surface area contributed by atoms with E-state index in [1.807, 2.05) is 43.3 Å². The quantitative estimate of drug-likeness (QED) is 0.790. The Balaban J connectivity index is 1.92. The number of hydrogen-bond acceptors (Lipinski definition) is 2. The summed E-state index contributed by atoms with van der Waals surface area (Å²) < 4.78 is 0. The van der Waals surface area contributed by atoms with Crippen molar-refractivity contribution in [1.82, 2.24) is 0 Å². The van der Waals surface area contributed by atoms with Crippen LogP contribution in [-0.4, -0.2) is 18.2 Å². The molecule has 3 rings (SSSR count). The van der Waals surface area contributed by atoms with Gasteiger partial charge >= 0.3 is 0 Å². The predicted octanol–water partition coefficient (Wildman–Crippen LogP) is 3.40. The van der Waals surface area contributed by atoms with E-state index in [0.717, 1.165) is 23.2 Å². The molecule has 1 aliphatic rings. The van der Waals surface area contributed by atoms with Crippen molar-refractivity contribution in [2.75, 3.05) is 11.4 Å². The first-order chi connectivity index (χ1) is 10.1. The minimum atomic E-state index is 0.0179. The molecule has 0 atom stereocenters. The van der Waals surface area contributed by atoms with Crippen LogP contribution >= 0.6 is 0 Å². The first-order valence-electron chi connectivity index (χ1n) is 7.08. The molecule has 0 fully saturated rings. The minimum absolute atomic E-state index is 0.0179. The van der Waals surface area contributed by atoms with Crippen molar-refractivity contribution in [3.05, 3.63) is 64.7 Å². The first-order valence-corrected chi connectivity index (χ1v) is 7.08. The van der Waals surface area contributed by atoms with Crippen molar-refractivity contribution in [3.8, 4) is 0 Å². The molecule has 0 radical (unpaired) electrons. The standard InChI is InChI=1S/C18H17NO2/c1-12-3-5-14(6-4-12)18(21)19-10-9-16-11-15(13(2)20)7-8-17(16)19/h3-8,11H,9-10H2,1-2H3. The van der Waals surface area contributed by atoms with E-state index in [1.54, 1.807) is 17.9 Å². The van der Waals surface area contributed by atoms with Crippen molar-refractivity contribution < 1.29 is 9.59 Å². The number of carbonyl (C=O) groups excluding carboxylic acids is 2. The van der Waals surface area contributed by atoms with Gasteiger partial charge in [-0.3, -0.25) is 9.59 Å². The first kappa shape index (κ1) is 13.6. The molecule has 0 aliphatic carbocycles. The second-order valence-corrected chi connectivity index (χ2v) is 5.47. The molecule has 0 saturated carbocycles. The third kappa shape index (κ3) is 2.47. The van der Waals surface area contributed by atoms with E-state index < -0.39 is 0 Å². The van der Waals surface area contributed by atoms with Gasteiger partial charge in [-0.2, -0.15) is 0 Å². The molecule has 2 aromatic rings. The van der Waals surface area contributed by atoms with E-state index in [9.17, 15) is 9.59 Å². The number of fused-ring (bicyclic) bond motifs is 1. The number of amides is 1. The van der Waals surface area contributed by atoms with Crippen LogP contribution in [0.5, 0.6) is 0 Å². The number of ketones is 1. The number of rotatable bonds is 2. The molecular formula is C18H17NO2. The summed E-state index contributed by atoms with van der Waals surface area (Å²) in [4.78, 5) is 25.8. The Kier molecular flexibility index (Phi) is 3.34. The lowest BCUT2D eigenvalue weighted by atomic mass is 10.1. The maximum Gasteiger partial charge on any atom is 0.258 e. The average Bonchev–Trinajstić information content (AvgIpc) is 2.90. The lowest BCUT2D eigenvalue weighted by Gasteiger charge is -2.17. The Hall–Kier alpha value is -2.42. The van der Waals surface area contributed by atoms with Crippen LogP contribution in [0.2, 0.25) is 0 Å². The van der Waals surface area contributed by atoms with Gasteiger partial charge in [0.25, 0.3) is 5.91 Å². The number of Topliss-reactive ketones (excluding diaryl/α,β-unsaturated/α-hetero) is 1. The third-order valence-electron chi connectivity index (χ3n) is 3.93. The van der Waals surface area contributed by atoms with Gasteiger partial charge in [-0.15, -0.1) is 0 Å². The van der Waals surface area contributed by atoms with Gasteiger partial charge in [0.15, 0.2) is 5.78 Å². The van der Waals surface area contributed by atoms with E-state index in [1.165, 1.54) is 0 Å². The molecule has 0 saturated heterocycles. The molecule has 21 heavy (non-hydrogen) atoms. The lowest BCUT2D eigenvalue weighted by molar-refractivity contribution is 0.0987. The number of benzene rings is 2. The number of hydrogen-bond donors (Lipinski definition) is 0. The van der Waals surface area contributed by atoms with Gasteiger partial charge in [0.05, 0.1) is 0 Å². The molecule has 1 aliphatic heterocycles. The second-order valence-electron chi connectivity index (χ2n) is 5.47. The summed E-state index contributed by atoms with van der Waals surface area (Å²) in [6.45, 7) is 4.23. The maximum absolute atomic E-state index is 12.6. The summed E-state index contributed by atoms with van der Waals surface area (Å²) in [6, 6.07) is 13.2. The minimum Gasteiger partial charge on any atom is -0.308 e. The summed E-state index contributed by atoms with van der Waals surface area (Å²) in [7, 11) is 0. The van der Waals surface area contributed by atoms with E-state index in [4.69, 9.17) is 0 Å². The van der Waals surface area contributed by atoms with Crippen molar-refractivity contribution in [3.63, 3.8) is 0 Å². The van der Waals surface area contributed by atoms with Crippen molar-refractivity contribution in [2.24, 2.45) is 0 Å². The van der Waals surface area contributed by atoms with E-state index in [0.29, 0.717) is 17.7 Å². The predicted molar refractivity (Wildman–Crippen MR) is 83.0 cm³/mol. The Morgan fingerprint density at radius 1 is 1.00 bits per heavy atom. The molecule has 0 bridgehead atoms. The summed E-state index contributed by atoms with van der Waals surface area (Å²) in [5, 5.41) is 0. The van der Waals surface area contributed by atoms with Crippen LogP contribution in [0.25, 0.3) is 0 Å². The lowest BCUT2D eigenvalue weighted by Crippen LogP contribution is -2.28. The van der Waals surface area contributed by atoms with Crippen molar-refractivity contribution in [2.45, 2.75) is 20.3 Å². The fourth-order valence-electron chi connectivity index (χ4n) is 2.68. The van der Waals surface area contributed by atoms with Crippen molar-refractivity contribution in [1.29, 1.82) is 0 Å². The topological polar surface area (TPSA) is 37.4 Å². The highest BCUT2D eigenvalue weighted by molar-refractivity contribution is 6.07. The molecule has 3 nitrogen and oxygen atoms in total. The molecule has 106 valence electrons. The van der Waals surface area contributed by atoms with E-state index >= 15 is 0 Å². The summed E-state index contributed by atoms with van der Waals surface area (Å²) in [6.07, 6.45) is 0.800. The molecule has 1 amide bonds. The van der Waals surface area contributed by atoms with Crippen molar-refractivity contribution >= 4 is 17.4 Å². The third-order valence-corrected chi connectivity index (χ3v) is 3.93. The zero-order valence-electron chi connectivity index (χ0n) is 12.2. The van der Waals surface area contributed by atoms with Crippen LogP contribution < -0.4 is 4.90 Å². The highest BCUT2D eigenvalue weighted by Gasteiger charge is 2.25. The smallest absolute Gasteiger partial charge is 0.258 e. The molecule has 1 heterocycles. The summed E-state index contributed by atoms with van der Waals surface area (Å²) >= 11 is 0. The normalized spacial score (nSPS) is 13.1. The zero-order chi connectivity index (χ0) is 15.0. The van der Waals surface area contributed by atoms with Crippen LogP contribution in [-0.2, 0) is 6.42 Å². The van der Waals surface area contributed by atoms with Crippen LogP contribution in [0.15, 0.2) is 42.5 Å². The highest BCUT2D eigenvalue weighted by atomic mass is 16.2. The molecular weight excluding hydrogens is 262 g/mol. The molecule has 2 aromatic carbocycles. The summed E-state index contributed by atoms with van der Waals surface area (Å²) in [5.41, 5.74) is 4.54. The van der Waals surface area contributed by atoms with Crippen LogP contribution in [0.1, 0.15) is 38.8 Å². The van der Waals surface area contributed by atoms with E-state index in [2.05, 4.69) is 0 Å². The fourth-order valence-corrected chi connectivity index (χ4v) is 2.68. The molecule has 3 heteroatoms. The number of aryl methyl sites for hydroxylation is 1. The van der Waals surface area contributed by atoms with Gasteiger partial charge < -0.3 is 4.90 Å². The number of nitrogens with zero attached hydrogens (tertiary/aromatic N) is 1. The van der Waals surface area contributed by atoms with Crippen LogP contribution in [0.3, 0.4) is 0 Å². The van der Waals surface area contributed by atoms with Gasteiger partial charge in [0.2, 0.25) is 0 Å². The molecule has 0 spiro atoms. The SMILES string of the molecule is CC(=O)c1ccc2c(c1)CCN2C(=O)c1ccc(C)cc1. The maximum atomic E-state index is 12.6. The Bertz CT molecular complexity index is 716. The van der Waals surface area contributed by atoms with Gasteiger partial charge in [0, 0.05) is 23.4 Å². The molecule has 0 unspecified atom stereocenters.